The molecule has 80 valence electrons. The molecular weight excluding hydrogens is 224 g/mol. The predicted molar refractivity (Wildman–Crippen MR) is 60.4 cm³/mol. The summed E-state index contributed by atoms with van der Waals surface area (Å²) >= 11 is 1.47. The van der Waals surface area contributed by atoms with Crippen molar-refractivity contribution < 1.29 is 14.9 Å². The highest BCUT2D eigenvalue weighted by Gasteiger charge is 2.20. The van der Waals surface area contributed by atoms with E-state index >= 15 is 0 Å². The Morgan fingerprint density at radius 3 is 2.75 bits per heavy atom. The summed E-state index contributed by atoms with van der Waals surface area (Å²) < 4.78 is 5.58. The van der Waals surface area contributed by atoms with Gasteiger partial charge in [-0.1, -0.05) is 17.8 Å². The van der Waals surface area contributed by atoms with Crippen LogP contribution < -0.4 is 4.74 Å². The summed E-state index contributed by atoms with van der Waals surface area (Å²) in [6.45, 7) is 0. The van der Waals surface area contributed by atoms with E-state index in [9.17, 15) is 10.2 Å². The van der Waals surface area contributed by atoms with Gasteiger partial charge in [0.25, 0.3) is 0 Å². The number of aromatic hydroxyl groups is 2. The molecule has 0 atom stereocenters. The SMILES string of the molecule is Oc1ccc2c(c1)Sc1cccc(O)c1O2. The van der Waals surface area contributed by atoms with Gasteiger partial charge in [0.2, 0.25) is 0 Å². The van der Waals surface area contributed by atoms with E-state index in [1.54, 1.807) is 30.3 Å². The number of phenols is 2. The number of benzene rings is 2. The van der Waals surface area contributed by atoms with E-state index in [1.807, 2.05) is 6.07 Å². The molecule has 2 aromatic carbocycles. The Morgan fingerprint density at radius 2 is 1.88 bits per heavy atom. The molecule has 1 aliphatic rings. The third-order valence-electron chi connectivity index (χ3n) is 2.32. The quantitative estimate of drug-likeness (QED) is 0.624. The molecule has 1 heterocycles. The van der Waals surface area contributed by atoms with E-state index in [2.05, 4.69) is 0 Å². The Hall–Kier alpha value is -1.81. The van der Waals surface area contributed by atoms with E-state index in [1.165, 1.54) is 11.8 Å². The van der Waals surface area contributed by atoms with Gasteiger partial charge in [0.05, 0.1) is 9.79 Å². The van der Waals surface area contributed by atoms with Gasteiger partial charge in [-0.3, -0.25) is 0 Å². The van der Waals surface area contributed by atoms with Crippen LogP contribution in [0.15, 0.2) is 46.2 Å². The van der Waals surface area contributed by atoms with Gasteiger partial charge in [-0.05, 0) is 30.3 Å². The van der Waals surface area contributed by atoms with E-state index < -0.39 is 0 Å². The van der Waals surface area contributed by atoms with Crippen molar-refractivity contribution in [3.63, 3.8) is 0 Å². The van der Waals surface area contributed by atoms with Crippen molar-refractivity contribution in [3.8, 4) is 23.0 Å². The summed E-state index contributed by atoms with van der Waals surface area (Å²) in [6.07, 6.45) is 0. The van der Waals surface area contributed by atoms with Crippen LogP contribution >= 0.6 is 11.8 Å². The third-order valence-corrected chi connectivity index (χ3v) is 3.40. The van der Waals surface area contributed by atoms with Crippen LogP contribution in [0.2, 0.25) is 0 Å². The molecule has 0 radical (unpaired) electrons. The lowest BCUT2D eigenvalue weighted by Gasteiger charge is -2.19. The summed E-state index contributed by atoms with van der Waals surface area (Å²) in [4.78, 5) is 1.69. The summed E-state index contributed by atoms with van der Waals surface area (Å²) in [6, 6.07) is 10.1. The number of hydrogen-bond donors (Lipinski definition) is 2. The maximum Gasteiger partial charge on any atom is 0.182 e. The second-order valence-electron chi connectivity index (χ2n) is 3.44. The van der Waals surface area contributed by atoms with Gasteiger partial charge >= 0.3 is 0 Å². The first-order valence-electron chi connectivity index (χ1n) is 4.75. The molecule has 0 aliphatic carbocycles. The Morgan fingerprint density at radius 1 is 1.00 bits per heavy atom. The Labute approximate surface area is 96.3 Å². The van der Waals surface area contributed by atoms with Crippen molar-refractivity contribution >= 4 is 11.8 Å². The number of fused-ring (bicyclic) bond motifs is 2. The number of hydrogen-bond acceptors (Lipinski definition) is 4. The molecule has 2 N–H and O–H groups in total. The highest BCUT2D eigenvalue weighted by Crippen LogP contribution is 2.50. The molecule has 0 aromatic heterocycles. The van der Waals surface area contributed by atoms with Gasteiger partial charge in [0, 0.05) is 0 Å². The third kappa shape index (κ3) is 1.39. The number of rotatable bonds is 0. The normalized spacial score (nSPS) is 12.5. The van der Waals surface area contributed by atoms with Crippen molar-refractivity contribution in [1.29, 1.82) is 0 Å². The first-order valence-corrected chi connectivity index (χ1v) is 5.56. The topological polar surface area (TPSA) is 49.7 Å². The summed E-state index contributed by atoms with van der Waals surface area (Å²) in [5.41, 5.74) is 0. The van der Waals surface area contributed by atoms with Crippen LogP contribution in [0, 0.1) is 0 Å². The standard InChI is InChI=1S/C12H8O3S/c13-7-4-5-9-11(6-7)16-10-3-1-2-8(14)12(10)15-9/h1-6,13-14H. The average molecular weight is 232 g/mol. The van der Waals surface area contributed by atoms with Crippen LogP contribution in [0.5, 0.6) is 23.0 Å². The minimum absolute atomic E-state index is 0.128. The van der Waals surface area contributed by atoms with E-state index in [4.69, 9.17) is 4.74 Å². The monoisotopic (exact) mass is 232 g/mol. The van der Waals surface area contributed by atoms with Gasteiger partial charge in [0.1, 0.15) is 11.5 Å². The lowest BCUT2D eigenvalue weighted by molar-refractivity contribution is 0.393. The lowest BCUT2D eigenvalue weighted by atomic mass is 10.3. The zero-order valence-corrected chi connectivity index (χ0v) is 8.99. The highest BCUT2D eigenvalue weighted by molar-refractivity contribution is 7.99. The highest BCUT2D eigenvalue weighted by atomic mass is 32.2. The molecule has 3 nitrogen and oxygen atoms in total. The molecule has 4 heteroatoms. The first kappa shape index (κ1) is 9.42. The molecule has 2 aromatic rings. The Balaban J connectivity index is 2.13. The predicted octanol–water partition coefficient (Wildman–Crippen LogP) is 3.35. The van der Waals surface area contributed by atoms with Gasteiger partial charge in [-0.2, -0.15) is 0 Å². The van der Waals surface area contributed by atoms with Gasteiger partial charge in [0.15, 0.2) is 11.5 Å². The fraction of sp³-hybridized carbons (Fsp3) is 0. The number of ether oxygens (including phenoxy) is 1. The smallest absolute Gasteiger partial charge is 0.182 e. The summed E-state index contributed by atoms with van der Waals surface area (Å²) in [5.74, 6) is 1.46. The van der Waals surface area contributed by atoms with E-state index in [0.29, 0.717) is 11.5 Å². The maximum atomic E-state index is 9.65. The van der Waals surface area contributed by atoms with Crippen LogP contribution in [0.1, 0.15) is 0 Å². The van der Waals surface area contributed by atoms with Crippen molar-refractivity contribution in [2.75, 3.05) is 0 Å². The molecule has 0 fully saturated rings. The minimum Gasteiger partial charge on any atom is -0.508 e. The van der Waals surface area contributed by atoms with Crippen LogP contribution in [0.25, 0.3) is 0 Å². The molecular formula is C12H8O3S. The minimum atomic E-state index is 0.128. The van der Waals surface area contributed by atoms with Crippen molar-refractivity contribution in [2.45, 2.75) is 9.79 Å². The molecule has 3 rings (SSSR count). The van der Waals surface area contributed by atoms with E-state index in [-0.39, 0.29) is 11.5 Å². The number of para-hydroxylation sites is 1. The van der Waals surface area contributed by atoms with Crippen LogP contribution in [0.4, 0.5) is 0 Å². The number of phenolic OH excluding ortho intramolecular Hbond substituents is 2. The molecule has 0 saturated carbocycles. The van der Waals surface area contributed by atoms with Crippen LogP contribution in [0.3, 0.4) is 0 Å². The molecule has 0 spiro atoms. The van der Waals surface area contributed by atoms with Gasteiger partial charge < -0.3 is 14.9 Å². The largest absolute Gasteiger partial charge is 0.508 e. The second-order valence-corrected chi connectivity index (χ2v) is 4.52. The van der Waals surface area contributed by atoms with E-state index in [0.717, 1.165) is 9.79 Å². The Kier molecular flexibility index (Phi) is 1.97. The van der Waals surface area contributed by atoms with Gasteiger partial charge in [-0.25, -0.2) is 0 Å². The molecule has 0 bridgehead atoms. The Bertz CT molecular complexity index is 566. The van der Waals surface area contributed by atoms with Crippen LogP contribution in [-0.4, -0.2) is 10.2 Å². The molecule has 16 heavy (non-hydrogen) atoms. The fourth-order valence-electron chi connectivity index (χ4n) is 1.58. The zero-order valence-electron chi connectivity index (χ0n) is 8.18. The second kappa shape index (κ2) is 3.35. The van der Waals surface area contributed by atoms with Crippen LogP contribution in [-0.2, 0) is 0 Å². The van der Waals surface area contributed by atoms with Crippen molar-refractivity contribution in [2.24, 2.45) is 0 Å². The molecule has 1 aliphatic heterocycles. The molecule has 0 amide bonds. The molecule has 0 unspecified atom stereocenters. The fourth-order valence-corrected chi connectivity index (χ4v) is 2.59. The molecule has 0 saturated heterocycles. The van der Waals surface area contributed by atoms with Crippen molar-refractivity contribution in [3.05, 3.63) is 36.4 Å². The maximum absolute atomic E-state index is 9.65. The summed E-state index contributed by atoms with van der Waals surface area (Å²) in [7, 11) is 0. The van der Waals surface area contributed by atoms with Crippen molar-refractivity contribution in [1.82, 2.24) is 0 Å². The lowest BCUT2D eigenvalue weighted by Crippen LogP contribution is -1.94. The summed E-state index contributed by atoms with van der Waals surface area (Å²) in [5, 5.41) is 19.0. The van der Waals surface area contributed by atoms with Gasteiger partial charge in [-0.15, -0.1) is 0 Å². The first-order chi connectivity index (χ1) is 7.74. The average Bonchev–Trinajstić information content (AvgIpc) is 2.27. The zero-order chi connectivity index (χ0) is 11.1.